The quantitative estimate of drug-likeness (QED) is 0.756. The molecule has 0 aromatic heterocycles. The van der Waals surface area contributed by atoms with Crippen LogP contribution in [0.4, 0.5) is 17.6 Å². The Bertz CT molecular complexity index is 830. The van der Waals surface area contributed by atoms with Gasteiger partial charge in [-0.05, 0) is 48.7 Å². The fourth-order valence-corrected chi connectivity index (χ4v) is 4.46. The molecule has 1 fully saturated rings. The highest BCUT2D eigenvalue weighted by Gasteiger charge is 2.67. The molecule has 0 radical (unpaired) electrons. The molecule has 1 N–H and O–H groups in total. The molecule has 3 atom stereocenters. The Hall–Kier alpha value is -2.41. The van der Waals surface area contributed by atoms with E-state index >= 15 is 0 Å². The number of alkyl halides is 3. The summed E-state index contributed by atoms with van der Waals surface area (Å²) < 4.78 is 58.6. The fourth-order valence-electron chi connectivity index (χ4n) is 4.46. The molecule has 1 amide bonds. The minimum Gasteiger partial charge on any atom is -0.348 e. The number of likely N-dealkylation sites (N-methyl/N-ethyl adjacent to an activating group) is 1. The van der Waals surface area contributed by atoms with E-state index in [1.807, 2.05) is 0 Å². The van der Waals surface area contributed by atoms with E-state index in [1.54, 1.807) is 6.07 Å². The van der Waals surface area contributed by atoms with Crippen molar-refractivity contribution in [2.24, 2.45) is 5.92 Å². The number of nitrogens with one attached hydrogen (secondary N) is 1. The maximum atomic E-state index is 15.0. The molecule has 1 heterocycles. The molecule has 2 aromatic rings. The Morgan fingerprint density at radius 1 is 1.07 bits per heavy atom. The number of benzene rings is 2. The summed E-state index contributed by atoms with van der Waals surface area (Å²) in [6, 6.07) is 12.4. The van der Waals surface area contributed by atoms with Gasteiger partial charge in [-0.25, -0.2) is 4.39 Å². The van der Waals surface area contributed by atoms with E-state index in [-0.39, 0.29) is 5.56 Å². The largest absolute Gasteiger partial charge is 0.407 e. The summed E-state index contributed by atoms with van der Waals surface area (Å²) in [6.45, 7) is 0.925. The van der Waals surface area contributed by atoms with E-state index < -0.39 is 35.2 Å². The van der Waals surface area contributed by atoms with E-state index in [0.29, 0.717) is 25.1 Å². The summed E-state index contributed by atoms with van der Waals surface area (Å²) in [5.74, 6) is -3.20. The summed E-state index contributed by atoms with van der Waals surface area (Å²) >= 11 is 0. The number of hydrogen-bond donors (Lipinski definition) is 1. The van der Waals surface area contributed by atoms with Crippen molar-refractivity contribution < 1.29 is 22.4 Å². The lowest BCUT2D eigenvalue weighted by atomic mass is 9.61. The summed E-state index contributed by atoms with van der Waals surface area (Å²) in [5.41, 5.74) is -2.59. The molecule has 3 unspecified atom stereocenters. The van der Waals surface area contributed by atoms with Crippen molar-refractivity contribution in [2.45, 2.75) is 23.9 Å². The van der Waals surface area contributed by atoms with Gasteiger partial charge in [0.15, 0.2) is 5.41 Å². The highest BCUT2D eigenvalue weighted by Crippen LogP contribution is 2.55. The summed E-state index contributed by atoms with van der Waals surface area (Å²) in [4.78, 5) is 14.4. The van der Waals surface area contributed by atoms with Crippen LogP contribution in [-0.2, 0) is 10.2 Å². The van der Waals surface area contributed by atoms with Crippen LogP contribution in [0, 0.1) is 11.7 Å². The van der Waals surface area contributed by atoms with Gasteiger partial charge in [0.1, 0.15) is 5.82 Å². The zero-order valence-corrected chi connectivity index (χ0v) is 16.3. The maximum Gasteiger partial charge on any atom is 0.407 e. The van der Waals surface area contributed by atoms with E-state index in [4.69, 9.17) is 0 Å². The van der Waals surface area contributed by atoms with Crippen molar-refractivity contribution in [2.75, 3.05) is 27.2 Å². The van der Waals surface area contributed by atoms with Crippen molar-refractivity contribution >= 4 is 5.91 Å². The highest BCUT2D eigenvalue weighted by atomic mass is 19.4. The fraction of sp³-hybridized carbons (Fsp3) is 0.409. The molecular formula is C22H24F4N2O. The van der Waals surface area contributed by atoms with Crippen molar-refractivity contribution in [1.29, 1.82) is 0 Å². The third kappa shape index (κ3) is 3.75. The van der Waals surface area contributed by atoms with Gasteiger partial charge in [-0.3, -0.25) is 4.79 Å². The van der Waals surface area contributed by atoms with E-state index in [1.165, 1.54) is 50.5 Å². The summed E-state index contributed by atoms with van der Waals surface area (Å²) in [7, 11) is 2.67. The summed E-state index contributed by atoms with van der Waals surface area (Å²) in [5, 5.41) is 3.11. The van der Waals surface area contributed by atoms with Crippen LogP contribution in [0.2, 0.25) is 0 Å². The molecule has 7 heteroatoms. The smallest absolute Gasteiger partial charge is 0.348 e. The number of carbonyl (C=O) groups is 1. The minimum absolute atomic E-state index is 0.104. The Morgan fingerprint density at radius 3 is 2.17 bits per heavy atom. The maximum absolute atomic E-state index is 15.0. The zero-order valence-electron chi connectivity index (χ0n) is 16.3. The lowest BCUT2D eigenvalue weighted by Crippen LogP contribution is -2.59. The second-order valence-electron chi connectivity index (χ2n) is 7.65. The number of rotatable bonds is 5. The number of halogens is 4. The standard InChI is InChI=1S/C22H24F4N2O/c1-28(2)20(29)21(22(24,25)26,17-6-4-3-5-7-17)19(16-12-13-27-14-16)15-8-10-18(23)11-9-15/h3-11,16,19,27H,12-14H2,1-2H3. The van der Waals surface area contributed by atoms with Gasteiger partial charge >= 0.3 is 6.18 Å². The average molecular weight is 408 g/mol. The first-order chi connectivity index (χ1) is 13.7. The topological polar surface area (TPSA) is 32.3 Å². The van der Waals surface area contributed by atoms with Crippen LogP contribution in [0.25, 0.3) is 0 Å². The van der Waals surface area contributed by atoms with Crippen LogP contribution in [0.1, 0.15) is 23.5 Å². The molecule has 29 heavy (non-hydrogen) atoms. The first-order valence-electron chi connectivity index (χ1n) is 9.49. The molecule has 156 valence electrons. The van der Waals surface area contributed by atoms with Crippen LogP contribution < -0.4 is 5.32 Å². The number of nitrogens with zero attached hydrogens (tertiary/aromatic N) is 1. The van der Waals surface area contributed by atoms with Gasteiger partial charge in [0.05, 0.1) is 0 Å². The van der Waals surface area contributed by atoms with Crippen LogP contribution >= 0.6 is 0 Å². The number of carbonyl (C=O) groups excluding carboxylic acids is 1. The molecule has 1 aliphatic heterocycles. The molecule has 0 aliphatic carbocycles. The minimum atomic E-state index is -4.86. The monoisotopic (exact) mass is 408 g/mol. The van der Waals surface area contributed by atoms with Crippen molar-refractivity contribution in [3.05, 3.63) is 71.5 Å². The third-order valence-electron chi connectivity index (χ3n) is 5.69. The SMILES string of the molecule is CN(C)C(=O)C(c1ccccc1)(C(c1ccc(F)cc1)C1CCNC1)C(F)(F)F. The lowest BCUT2D eigenvalue weighted by Gasteiger charge is -2.45. The normalized spacial score (nSPS) is 20.1. The van der Waals surface area contributed by atoms with Gasteiger partial charge in [0.25, 0.3) is 0 Å². The van der Waals surface area contributed by atoms with Gasteiger partial charge in [-0.15, -0.1) is 0 Å². The number of amides is 1. The average Bonchev–Trinajstić information content (AvgIpc) is 3.20. The summed E-state index contributed by atoms with van der Waals surface area (Å²) in [6.07, 6.45) is -4.37. The molecular weight excluding hydrogens is 384 g/mol. The predicted molar refractivity (Wildman–Crippen MR) is 103 cm³/mol. The lowest BCUT2D eigenvalue weighted by molar-refractivity contribution is -0.208. The first kappa shape index (κ1) is 21.3. The molecule has 0 spiro atoms. The van der Waals surface area contributed by atoms with Crippen LogP contribution in [0.3, 0.4) is 0 Å². The van der Waals surface area contributed by atoms with Gasteiger partial charge in [-0.2, -0.15) is 13.2 Å². The molecule has 1 aliphatic rings. The van der Waals surface area contributed by atoms with Crippen molar-refractivity contribution in [3.63, 3.8) is 0 Å². The molecule has 1 saturated heterocycles. The van der Waals surface area contributed by atoms with Gasteiger partial charge < -0.3 is 10.2 Å². The zero-order chi connectivity index (χ0) is 21.2. The van der Waals surface area contributed by atoms with Crippen molar-refractivity contribution in [1.82, 2.24) is 10.2 Å². The predicted octanol–water partition coefficient (Wildman–Crippen LogP) is 4.11. The molecule has 3 rings (SSSR count). The Morgan fingerprint density at radius 2 is 1.69 bits per heavy atom. The molecule has 3 nitrogen and oxygen atoms in total. The Balaban J connectivity index is 2.36. The van der Waals surface area contributed by atoms with Gasteiger partial charge in [-0.1, -0.05) is 42.5 Å². The van der Waals surface area contributed by atoms with E-state index in [0.717, 1.165) is 17.0 Å². The molecule has 0 bridgehead atoms. The third-order valence-corrected chi connectivity index (χ3v) is 5.69. The molecule has 0 saturated carbocycles. The number of hydrogen-bond acceptors (Lipinski definition) is 2. The van der Waals surface area contributed by atoms with Gasteiger partial charge in [0.2, 0.25) is 5.91 Å². The van der Waals surface area contributed by atoms with E-state index in [9.17, 15) is 22.4 Å². The van der Waals surface area contributed by atoms with E-state index in [2.05, 4.69) is 5.32 Å². The second kappa shape index (κ2) is 8.14. The van der Waals surface area contributed by atoms with Crippen LogP contribution in [0.15, 0.2) is 54.6 Å². The second-order valence-corrected chi connectivity index (χ2v) is 7.65. The first-order valence-corrected chi connectivity index (χ1v) is 9.49. The van der Waals surface area contributed by atoms with Crippen LogP contribution in [0.5, 0.6) is 0 Å². The van der Waals surface area contributed by atoms with Gasteiger partial charge in [0, 0.05) is 20.0 Å². The van der Waals surface area contributed by atoms with Crippen LogP contribution in [-0.4, -0.2) is 44.2 Å². The Kier molecular flexibility index (Phi) is 5.98. The van der Waals surface area contributed by atoms with Crippen molar-refractivity contribution in [3.8, 4) is 0 Å². The Labute approximate surface area is 167 Å². The molecule has 2 aromatic carbocycles. The highest BCUT2D eigenvalue weighted by molar-refractivity contribution is 5.90.